The van der Waals surface area contributed by atoms with Gasteiger partial charge in [-0.3, -0.25) is 0 Å². The number of methoxy groups -OCH3 is 1. The zero-order chi connectivity index (χ0) is 13.4. The first kappa shape index (κ1) is 14.5. The van der Waals surface area contributed by atoms with Gasteiger partial charge in [-0.1, -0.05) is 13.3 Å². The molecule has 1 unspecified atom stereocenters. The monoisotopic (exact) mass is 254 g/mol. The molecule has 0 aliphatic rings. The quantitative estimate of drug-likeness (QED) is 0.647. The standard InChI is InChI=1S/C12H22N4O2/c1-3-4-9(5-6-17)7-14-12-10(18-2)11(13)15-8-16-12/h8-9,17H,3-7H2,1-2H3,(H3,13,14,15,16). The molecule has 0 saturated heterocycles. The fourth-order valence-electron chi connectivity index (χ4n) is 1.89. The van der Waals surface area contributed by atoms with E-state index in [1.54, 1.807) is 0 Å². The number of hydrogen-bond acceptors (Lipinski definition) is 6. The number of nitrogen functional groups attached to an aromatic ring is 1. The molecule has 0 aromatic carbocycles. The van der Waals surface area contributed by atoms with E-state index in [1.807, 2.05) is 0 Å². The van der Waals surface area contributed by atoms with Crippen molar-refractivity contribution >= 4 is 11.6 Å². The summed E-state index contributed by atoms with van der Waals surface area (Å²) in [6, 6.07) is 0. The first-order valence-electron chi connectivity index (χ1n) is 6.22. The van der Waals surface area contributed by atoms with Gasteiger partial charge in [0.15, 0.2) is 11.6 Å². The second kappa shape index (κ2) is 7.71. The van der Waals surface area contributed by atoms with Gasteiger partial charge in [0.2, 0.25) is 5.75 Å². The Bertz CT molecular complexity index is 354. The Kier molecular flexibility index (Phi) is 6.21. The summed E-state index contributed by atoms with van der Waals surface area (Å²) in [6.45, 7) is 3.07. The zero-order valence-electron chi connectivity index (χ0n) is 11.0. The van der Waals surface area contributed by atoms with E-state index >= 15 is 0 Å². The molecule has 18 heavy (non-hydrogen) atoms. The highest BCUT2D eigenvalue weighted by atomic mass is 16.5. The number of nitrogens with zero attached hydrogens (tertiary/aromatic N) is 2. The van der Waals surface area contributed by atoms with Gasteiger partial charge in [-0.05, 0) is 18.8 Å². The summed E-state index contributed by atoms with van der Waals surface area (Å²) in [5, 5.41) is 12.2. The number of aromatic nitrogens is 2. The summed E-state index contributed by atoms with van der Waals surface area (Å²) in [5.74, 6) is 1.81. The number of anilines is 2. The predicted molar refractivity (Wildman–Crippen MR) is 71.6 cm³/mol. The summed E-state index contributed by atoms with van der Waals surface area (Å²) in [4.78, 5) is 7.98. The van der Waals surface area contributed by atoms with E-state index in [4.69, 9.17) is 15.6 Å². The third-order valence-electron chi connectivity index (χ3n) is 2.83. The summed E-state index contributed by atoms with van der Waals surface area (Å²) in [5.41, 5.74) is 5.70. The van der Waals surface area contributed by atoms with Crippen LogP contribution in [-0.4, -0.2) is 35.3 Å². The Morgan fingerprint density at radius 3 is 2.83 bits per heavy atom. The lowest BCUT2D eigenvalue weighted by molar-refractivity contribution is 0.255. The smallest absolute Gasteiger partial charge is 0.203 e. The zero-order valence-corrected chi connectivity index (χ0v) is 11.0. The third kappa shape index (κ3) is 4.03. The van der Waals surface area contributed by atoms with Crippen LogP contribution in [0.25, 0.3) is 0 Å². The molecule has 6 nitrogen and oxygen atoms in total. The second-order valence-electron chi connectivity index (χ2n) is 4.19. The molecular formula is C12H22N4O2. The van der Waals surface area contributed by atoms with Crippen LogP contribution in [0, 0.1) is 5.92 Å². The molecule has 0 radical (unpaired) electrons. The molecule has 1 rings (SSSR count). The molecule has 1 atom stereocenters. The van der Waals surface area contributed by atoms with Crippen molar-refractivity contribution in [3.8, 4) is 5.75 Å². The van der Waals surface area contributed by atoms with Gasteiger partial charge in [0.25, 0.3) is 0 Å². The maximum atomic E-state index is 9.01. The molecule has 1 aromatic rings. The molecule has 0 amide bonds. The van der Waals surface area contributed by atoms with Crippen molar-refractivity contribution in [3.63, 3.8) is 0 Å². The van der Waals surface area contributed by atoms with Crippen LogP contribution in [0.2, 0.25) is 0 Å². The van der Waals surface area contributed by atoms with Crippen LogP contribution in [-0.2, 0) is 0 Å². The van der Waals surface area contributed by atoms with Crippen LogP contribution in [0.3, 0.4) is 0 Å². The van der Waals surface area contributed by atoms with Crippen LogP contribution >= 0.6 is 0 Å². The maximum Gasteiger partial charge on any atom is 0.203 e. The molecule has 0 aliphatic carbocycles. The Morgan fingerprint density at radius 2 is 2.22 bits per heavy atom. The van der Waals surface area contributed by atoms with Gasteiger partial charge in [-0.2, -0.15) is 0 Å². The molecule has 0 aliphatic heterocycles. The first-order chi connectivity index (χ1) is 8.72. The SMILES string of the molecule is CCCC(CCO)CNc1ncnc(N)c1OC. The van der Waals surface area contributed by atoms with Crippen molar-refractivity contribution in [2.24, 2.45) is 5.92 Å². The average Bonchev–Trinajstić information content (AvgIpc) is 2.36. The topological polar surface area (TPSA) is 93.3 Å². The number of rotatable bonds is 8. The highest BCUT2D eigenvalue weighted by Gasteiger charge is 2.12. The first-order valence-corrected chi connectivity index (χ1v) is 6.22. The highest BCUT2D eigenvalue weighted by molar-refractivity contribution is 5.61. The van der Waals surface area contributed by atoms with Crippen molar-refractivity contribution in [1.82, 2.24) is 9.97 Å². The van der Waals surface area contributed by atoms with Crippen molar-refractivity contribution in [2.45, 2.75) is 26.2 Å². The molecule has 1 aromatic heterocycles. The number of aliphatic hydroxyl groups is 1. The van der Waals surface area contributed by atoms with Gasteiger partial charge in [0.1, 0.15) is 6.33 Å². The highest BCUT2D eigenvalue weighted by Crippen LogP contribution is 2.26. The molecule has 0 saturated carbocycles. The van der Waals surface area contributed by atoms with Crippen LogP contribution in [0.1, 0.15) is 26.2 Å². The summed E-state index contributed by atoms with van der Waals surface area (Å²) >= 11 is 0. The Balaban J connectivity index is 2.63. The number of nitrogens with one attached hydrogen (secondary N) is 1. The van der Waals surface area contributed by atoms with E-state index < -0.39 is 0 Å². The average molecular weight is 254 g/mol. The van der Waals surface area contributed by atoms with E-state index in [1.165, 1.54) is 13.4 Å². The van der Waals surface area contributed by atoms with E-state index in [0.717, 1.165) is 25.8 Å². The molecule has 6 heteroatoms. The second-order valence-corrected chi connectivity index (χ2v) is 4.19. The minimum absolute atomic E-state index is 0.204. The Hall–Kier alpha value is -1.56. The molecular weight excluding hydrogens is 232 g/mol. The fraction of sp³-hybridized carbons (Fsp3) is 0.667. The molecule has 0 fully saturated rings. The van der Waals surface area contributed by atoms with Gasteiger partial charge in [-0.25, -0.2) is 9.97 Å². The van der Waals surface area contributed by atoms with Crippen molar-refractivity contribution in [2.75, 3.05) is 31.3 Å². The molecule has 102 valence electrons. The van der Waals surface area contributed by atoms with Gasteiger partial charge in [-0.15, -0.1) is 0 Å². The van der Waals surface area contributed by atoms with Crippen molar-refractivity contribution < 1.29 is 9.84 Å². The van der Waals surface area contributed by atoms with Crippen molar-refractivity contribution in [3.05, 3.63) is 6.33 Å². The van der Waals surface area contributed by atoms with Gasteiger partial charge < -0.3 is 20.9 Å². The lowest BCUT2D eigenvalue weighted by Gasteiger charge is -2.17. The normalized spacial score (nSPS) is 12.2. The number of aliphatic hydroxyl groups excluding tert-OH is 1. The largest absolute Gasteiger partial charge is 0.490 e. The van der Waals surface area contributed by atoms with Gasteiger partial charge in [0.05, 0.1) is 7.11 Å². The molecule has 0 spiro atoms. The van der Waals surface area contributed by atoms with Crippen LogP contribution in [0.15, 0.2) is 6.33 Å². The molecule has 4 N–H and O–H groups in total. The fourth-order valence-corrected chi connectivity index (χ4v) is 1.89. The van der Waals surface area contributed by atoms with Crippen molar-refractivity contribution in [1.29, 1.82) is 0 Å². The minimum Gasteiger partial charge on any atom is -0.490 e. The molecule has 1 heterocycles. The third-order valence-corrected chi connectivity index (χ3v) is 2.83. The number of nitrogens with two attached hydrogens (primary N) is 1. The van der Waals surface area contributed by atoms with Crippen LogP contribution in [0.4, 0.5) is 11.6 Å². The number of ether oxygens (including phenoxy) is 1. The van der Waals surface area contributed by atoms with E-state index in [0.29, 0.717) is 23.3 Å². The van der Waals surface area contributed by atoms with Crippen LogP contribution < -0.4 is 15.8 Å². The van der Waals surface area contributed by atoms with Gasteiger partial charge >= 0.3 is 0 Å². The Morgan fingerprint density at radius 1 is 1.44 bits per heavy atom. The lowest BCUT2D eigenvalue weighted by Crippen LogP contribution is -2.17. The minimum atomic E-state index is 0.204. The molecule has 0 bridgehead atoms. The van der Waals surface area contributed by atoms with Crippen LogP contribution in [0.5, 0.6) is 5.75 Å². The summed E-state index contributed by atoms with van der Waals surface area (Å²) in [6.07, 6.45) is 4.34. The summed E-state index contributed by atoms with van der Waals surface area (Å²) < 4.78 is 5.17. The maximum absolute atomic E-state index is 9.01. The number of hydrogen-bond donors (Lipinski definition) is 3. The van der Waals surface area contributed by atoms with E-state index in [2.05, 4.69) is 22.2 Å². The summed E-state index contributed by atoms with van der Waals surface area (Å²) in [7, 11) is 1.54. The van der Waals surface area contributed by atoms with Gasteiger partial charge in [0, 0.05) is 13.2 Å². The van der Waals surface area contributed by atoms with E-state index in [-0.39, 0.29) is 6.61 Å². The lowest BCUT2D eigenvalue weighted by atomic mass is 10.0. The predicted octanol–water partition coefficient (Wildman–Crippen LogP) is 1.28. The Labute approximate surface area is 108 Å². The van der Waals surface area contributed by atoms with E-state index in [9.17, 15) is 0 Å².